The molecule has 2 aromatic rings. The van der Waals surface area contributed by atoms with Gasteiger partial charge in [-0.3, -0.25) is 4.79 Å². The summed E-state index contributed by atoms with van der Waals surface area (Å²) in [6.45, 7) is 2.50. The molecule has 0 saturated heterocycles. The van der Waals surface area contributed by atoms with E-state index in [9.17, 15) is 4.79 Å². The molecule has 100 valence electrons. The number of thiophene rings is 1. The summed E-state index contributed by atoms with van der Waals surface area (Å²) in [5, 5.41) is 2.95. The fourth-order valence-corrected chi connectivity index (χ4v) is 3.93. The number of fused-ring (bicyclic) bond motifs is 1. The third-order valence-corrected chi connectivity index (χ3v) is 4.78. The summed E-state index contributed by atoms with van der Waals surface area (Å²) in [5.41, 5.74) is 2.19. The molecule has 0 atom stereocenters. The number of hydrogen-bond donors (Lipinski definition) is 1. The first kappa shape index (κ1) is 12.5. The molecule has 0 spiro atoms. The molecule has 3 rings (SSSR count). The molecule has 3 nitrogen and oxygen atoms in total. The Morgan fingerprint density at radius 2 is 2.26 bits per heavy atom. The number of rotatable bonds is 3. The molecule has 1 aliphatic rings. The van der Waals surface area contributed by atoms with Gasteiger partial charge in [-0.05, 0) is 50.3 Å². The molecule has 0 unspecified atom stereocenters. The summed E-state index contributed by atoms with van der Waals surface area (Å²) in [6, 6.07) is 3.70. The first-order chi connectivity index (χ1) is 9.25. The lowest BCUT2D eigenvalue weighted by Gasteiger charge is -2.12. The van der Waals surface area contributed by atoms with E-state index in [4.69, 9.17) is 4.42 Å². The maximum Gasteiger partial charge on any atom is 0.253 e. The van der Waals surface area contributed by atoms with Crippen molar-refractivity contribution in [1.82, 2.24) is 5.32 Å². The van der Waals surface area contributed by atoms with Gasteiger partial charge in [0.15, 0.2) is 0 Å². The number of carbonyl (C=O) groups is 1. The second-order valence-corrected chi connectivity index (χ2v) is 6.21. The Kier molecular flexibility index (Phi) is 3.42. The van der Waals surface area contributed by atoms with Gasteiger partial charge in [-0.15, -0.1) is 11.3 Å². The fraction of sp³-hybridized carbons (Fsp3) is 0.400. The van der Waals surface area contributed by atoms with Crippen LogP contribution in [0.5, 0.6) is 0 Å². The lowest BCUT2D eigenvalue weighted by molar-refractivity contribution is 0.0947. The molecule has 2 heterocycles. The number of amides is 1. The van der Waals surface area contributed by atoms with Crippen LogP contribution in [-0.4, -0.2) is 5.91 Å². The zero-order chi connectivity index (χ0) is 13.2. The standard InChI is InChI=1S/C15H17NO2S/c1-10-14(12-6-2-3-7-13(12)19-10)15(17)16-9-11-5-4-8-18-11/h4-5,8H,2-3,6-7,9H2,1H3,(H,16,17). The van der Waals surface area contributed by atoms with E-state index in [1.165, 1.54) is 23.3 Å². The quantitative estimate of drug-likeness (QED) is 0.932. The van der Waals surface area contributed by atoms with Crippen molar-refractivity contribution in [3.05, 3.63) is 45.0 Å². The van der Waals surface area contributed by atoms with E-state index < -0.39 is 0 Å². The van der Waals surface area contributed by atoms with Crippen LogP contribution in [0.15, 0.2) is 22.8 Å². The molecule has 0 bridgehead atoms. The van der Waals surface area contributed by atoms with Crippen molar-refractivity contribution in [2.75, 3.05) is 0 Å². The summed E-state index contributed by atoms with van der Waals surface area (Å²) in [6.07, 6.45) is 6.25. The van der Waals surface area contributed by atoms with Gasteiger partial charge in [0.2, 0.25) is 0 Å². The lowest BCUT2D eigenvalue weighted by atomic mass is 9.94. The van der Waals surface area contributed by atoms with Gasteiger partial charge in [0, 0.05) is 9.75 Å². The molecule has 2 aromatic heterocycles. The van der Waals surface area contributed by atoms with Gasteiger partial charge in [0.1, 0.15) is 5.76 Å². The van der Waals surface area contributed by atoms with Gasteiger partial charge >= 0.3 is 0 Å². The second-order valence-electron chi connectivity index (χ2n) is 4.90. The molecule has 0 aliphatic heterocycles. The highest BCUT2D eigenvalue weighted by atomic mass is 32.1. The summed E-state index contributed by atoms with van der Waals surface area (Å²) < 4.78 is 5.23. The van der Waals surface area contributed by atoms with Crippen LogP contribution in [0, 0.1) is 6.92 Å². The number of furan rings is 1. The Balaban J connectivity index is 1.78. The third-order valence-electron chi connectivity index (χ3n) is 3.58. The minimum absolute atomic E-state index is 0.0355. The minimum Gasteiger partial charge on any atom is -0.467 e. The fourth-order valence-electron chi connectivity index (χ4n) is 2.67. The normalized spacial score (nSPS) is 14.2. The number of carbonyl (C=O) groups excluding carboxylic acids is 1. The Labute approximate surface area is 116 Å². The molecule has 1 N–H and O–H groups in total. The second kappa shape index (κ2) is 5.21. The smallest absolute Gasteiger partial charge is 0.253 e. The third kappa shape index (κ3) is 2.45. The van der Waals surface area contributed by atoms with E-state index in [2.05, 4.69) is 5.32 Å². The number of nitrogens with one attached hydrogen (secondary N) is 1. The Bertz CT molecular complexity index is 584. The first-order valence-corrected chi connectivity index (χ1v) is 7.49. The monoisotopic (exact) mass is 275 g/mol. The Morgan fingerprint density at radius 1 is 1.42 bits per heavy atom. The van der Waals surface area contributed by atoms with Gasteiger partial charge in [-0.1, -0.05) is 0 Å². The van der Waals surface area contributed by atoms with E-state index in [1.54, 1.807) is 17.6 Å². The summed E-state index contributed by atoms with van der Waals surface area (Å²) in [4.78, 5) is 14.9. The van der Waals surface area contributed by atoms with E-state index in [1.807, 2.05) is 19.1 Å². The molecule has 1 aliphatic carbocycles. The number of hydrogen-bond acceptors (Lipinski definition) is 3. The van der Waals surface area contributed by atoms with Crippen LogP contribution in [0.1, 0.15) is 44.3 Å². The molecule has 19 heavy (non-hydrogen) atoms. The van der Waals surface area contributed by atoms with Gasteiger partial charge in [0.05, 0.1) is 18.4 Å². The van der Waals surface area contributed by atoms with E-state index in [0.717, 1.165) is 29.0 Å². The Morgan fingerprint density at radius 3 is 3.05 bits per heavy atom. The molecular weight excluding hydrogens is 258 g/mol. The van der Waals surface area contributed by atoms with Crippen molar-refractivity contribution >= 4 is 17.2 Å². The predicted molar refractivity (Wildman–Crippen MR) is 75.6 cm³/mol. The van der Waals surface area contributed by atoms with Gasteiger partial charge < -0.3 is 9.73 Å². The molecule has 0 saturated carbocycles. The predicted octanol–water partition coefficient (Wildman–Crippen LogP) is 3.46. The maximum absolute atomic E-state index is 12.3. The van der Waals surface area contributed by atoms with Crippen molar-refractivity contribution in [3.8, 4) is 0 Å². The molecule has 1 amide bonds. The minimum atomic E-state index is 0.0355. The number of aryl methyl sites for hydroxylation is 2. The van der Waals surface area contributed by atoms with E-state index in [-0.39, 0.29) is 5.91 Å². The van der Waals surface area contributed by atoms with Gasteiger partial charge in [-0.2, -0.15) is 0 Å². The van der Waals surface area contributed by atoms with Crippen molar-refractivity contribution in [2.24, 2.45) is 0 Å². The van der Waals surface area contributed by atoms with Crippen molar-refractivity contribution in [1.29, 1.82) is 0 Å². The average Bonchev–Trinajstić information content (AvgIpc) is 3.02. The zero-order valence-corrected chi connectivity index (χ0v) is 11.8. The molecule has 0 radical (unpaired) electrons. The molecule has 0 fully saturated rings. The van der Waals surface area contributed by atoms with Crippen LogP contribution in [0.25, 0.3) is 0 Å². The highest BCUT2D eigenvalue weighted by Crippen LogP contribution is 2.33. The zero-order valence-electron chi connectivity index (χ0n) is 11.0. The molecule has 4 heteroatoms. The highest BCUT2D eigenvalue weighted by molar-refractivity contribution is 7.12. The van der Waals surface area contributed by atoms with Crippen LogP contribution in [0.4, 0.5) is 0 Å². The maximum atomic E-state index is 12.3. The van der Waals surface area contributed by atoms with E-state index in [0.29, 0.717) is 6.54 Å². The van der Waals surface area contributed by atoms with Crippen LogP contribution < -0.4 is 5.32 Å². The lowest BCUT2D eigenvalue weighted by Crippen LogP contribution is -2.24. The summed E-state index contributed by atoms with van der Waals surface area (Å²) in [7, 11) is 0. The molecule has 0 aromatic carbocycles. The summed E-state index contributed by atoms with van der Waals surface area (Å²) >= 11 is 1.78. The van der Waals surface area contributed by atoms with Gasteiger partial charge in [-0.25, -0.2) is 0 Å². The van der Waals surface area contributed by atoms with Crippen molar-refractivity contribution in [3.63, 3.8) is 0 Å². The van der Waals surface area contributed by atoms with E-state index >= 15 is 0 Å². The topological polar surface area (TPSA) is 42.2 Å². The van der Waals surface area contributed by atoms with Crippen LogP contribution in [-0.2, 0) is 19.4 Å². The SMILES string of the molecule is Cc1sc2c(c1C(=O)NCc1ccco1)CCCC2. The van der Waals surface area contributed by atoms with Crippen molar-refractivity contribution in [2.45, 2.75) is 39.2 Å². The van der Waals surface area contributed by atoms with Gasteiger partial charge in [0.25, 0.3) is 5.91 Å². The highest BCUT2D eigenvalue weighted by Gasteiger charge is 2.23. The summed E-state index contributed by atoms with van der Waals surface area (Å²) in [5.74, 6) is 0.823. The van der Waals surface area contributed by atoms with Crippen LogP contribution in [0.3, 0.4) is 0 Å². The average molecular weight is 275 g/mol. The first-order valence-electron chi connectivity index (χ1n) is 6.67. The van der Waals surface area contributed by atoms with Crippen LogP contribution in [0.2, 0.25) is 0 Å². The van der Waals surface area contributed by atoms with Crippen LogP contribution >= 0.6 is 11.3 Å². The van der Waals surface area contributed by atoms with Crippen molar-refractivity contribution < 1.29 is 9.21 Å². The molecular formula is C15H17NO2S. The largest absolute Gasteiger partial charge is 0.467 e. The Hall–Kier alpha value is -1.55.